The van der Waals surface area contributed by atoms with E-state index in [1.165, 1.54) is 0 Å². The van der Waals surface area contributed by atoms with E-state index in [1.54, 1.807) is 7.11 Å². The van der Waals surface area contributed by atoms with Crippen LogP contribution in [0.25, 0.3) is 11.4 Å². The lowest BCUT2D eigenvalue weighted by molar-refractivity contribution is -0.132. The Morgan fingerprint density at radius 3 is 3.12 bits per heavy atom. The fourth-order valence-electron chi connectivity index (χ4n) is 3.17. The minimum absolute atomic E-state index is 0.117. The smallest absolute Gasteiger partial charge is 0.231 e. The molecule has 2 aromatic rings. The number of unbranched alkanes of at least 4 members (excludes halogenated alkanes) is 1. The second-order valence-electron chi connectivity index (χ2n) is 6.47. The van der Waals surface area contributed by atoms with Gasteiger partial charge in [-0.05, 0) is 31.4 Å². The van der Waals surface area contributed by atoms with Crippen LogP contribution in [0.4, 0.5) is 0 Å². The van der Waals surface area contributed by atoms with Gasteiger partial charge in [-0.3, -0.25) is 4.79 Å². The van der Waals surface area contributed by atoms with Crippen molar-refractivity contribution in [3.05, 3.63) is 30.2 Å². The Kier molecular flexibility index (Phi) is 5.68. The van der Waals surface area contributed by atoms with E-state index in [-0.39, 0.29) is 11.8 Å². The molecule has 0 radical (unpaired) electrons. The highest BCUT2D eigenvalue weighted by Crippen LogP contribution is 2.28. The number of amides is 1. The SMILES string of the molecule is CCCCC(=O)N1CCC[C@H](c2nc(-c3cccc(OC)c3)no2)C1. The van der Waals surface area contributed by atoms with E-state index < -0.39 is 0 Å². The highest BCUT2D eigenvalue weighted by Gasteiger charge is 2.28. The molecule has 6 nitrogen and oxygen atoms in total. The van der Waals surface area contributed by atoms with E-state index >= 15 is 0 Å². The summed E-state index contributed by atoms with van der Waals surface area (Å²) in [5.41, 5.74) is 0.862. The molecule has 1 saturated heterocycles. The molecule has 1 aliphatic heterocycles. The predicted octanol–water partition coefficient (Wildman–Crippen LogP) is 3.64. The number of carbonyl (C=O) groups excluding carboxylic acids is 1. The monoisotopic (exact) mass is 343 g/mol. The minimum Gasteiger partial charge on any atom is -0.497 e. The summed E-state index contributed by atoms with van der Waals surface area (Å²) in [7, 11) is 1.63. The maximum Gasteiger partial charge on any atom is 0.231 e. The zero-order valence-corrected chi connectivity index (χ0v) is 14.9. The van der Waals surface area contributed by atoms with Crippen molar-refractivity contribution in [2.24, 2.45) is 0 Å². The van der Waals surface area contributed by atoms with Crippen molar-refractivity contribution in [2.45, 2.75) is 44.9 Å². The van der Waals surface area contributed by atoms with Gasteiger partial charge in [-0.1, -0.05) is 30.6 Å². The molecule has 0 N–H and O–H groups in total. The van der Waals surface area contributed by atoms with E-state index in [0.717, 1.165) is 43.5 Å². The molecule has 3 rings (SSSR count). The number of nitrogens with zero attached hydrogens (tertiary/aromatic N) is 3. The third-order valence-corrected chi connectivity index (χ3v) is 4.64. The maximum absolute atomic E-state index is 12.3. The van der Waals surface area contributed by atoms with Gasteiger partial charge in [0.25, 0.3) is 0 Å². The van der Waals surface area contributed by atoms with Crippen LogP contribution in [0.3, 0.4) is 0 Å². The number of hydrogen-bond acceptors (Lipinski definition) is 5. The van der Waals surface area contributed by atoms with Crippen LogP contribution >= 0.6 is 0 Å². The largest absolute Gasteiger partial charge is 0.497 e. The number of aromatic nitrogens is 2. The molecule has 0 spiro atoms. The zero-order chi connectivity index (χ0) is 17.6. The molecule has 0 bridgehead atoms. The maximum atomic E-state index is 12.3. The van der Waals surface area contributed by atoms with Gasteiger partial charge in [-0.15, -0.1) is 0 Å². The number of likely N-dealkylation sites (tertiary alicyclic amines) is 1. The quantitative estimate of drug-likeness (QED) is 0.801. The molecular formula is C19H25N3O3. The summed E-state index contributed by atoms with van der Waals surface area (Å²) >= 11 is 0. The molecule has 6 heteroatoms. The standard InChI is InChI=1S/C19H25N3O3/c1-3-4-10-17(23)22-11-6-8-15(13-22)19-20-18(21-25-19)14-7-5-9-16(12-14)24-2/h5,7,9,12,15H,3-4,6,8,10-11,13H2,1-2H3/t15-/m0/s1. The first kappa shape index (κ1) is 17.5. The molecule has 1 atom stereocenters. The van der Waals surface area contributed by atoms with Crippen LogP contribution < -0.4 is 4.74 Å². The Morgan fingerprint density at radius 1 is 1.44 bits per heavy atom. The molecule has 2 heterocycles. The molecular weight excluding hydrogens is 318 g/mol. The Hall–Kier alpha value is -2.37. The van der Waals surface area contributed by atoms with Crippen LogP contribution in [0.5, 0.6) is 5.75 Å². The summed E-state index contributed by atoms with van der Waals surface area (Å²) in [5.74, 6) is 2.29. The van der Waals surface area contributed by atoms with Gasteiger partial charge in [-0.2, -0.15) is 4.98 Å². The van der Waals surface area contributed by atoms with Crippen molar-refractivity contribution < 1.29 is 14.1 Å². The van der Waals surface area contributed by atoms with Crippen LogP contribution in [-0.2, 0) is 4.79 Å². The average Bonchev–Trinajstić information content (AvgIpc) is 3.16. The highest BCUT2D eigenvalue weighted by atomic mass is 16.5. The summed E-state index contributed by atoms with van der Waals surface area (Å²) in [4.78, 5) is 18.8. The highest BCUT2D eigenvalue weighted by molar-refractivity contribution is 5.76. The summed E-state index contributed by atoms with van der Waals surface area (Å²) in [6.07, 6.45) is 4.55. The Bertz CT molecular complexity index is 713. The van der Waals surface area contributed by atoms with Crippen molar-refractivity contribution >= 4 is 5.91 Å². The van der Waals surface area contributed by atoms with Gasteiger partial charge < -0.3 is 14.2 Å². The normalized spacial score (nSPS) is 17.5. The van der Waals surface area contributed by atoms with Crippen LogP contribution in [0.15, 0.2) is 28.8 Å². The fraction of sp³-hybridized carbons (Fsp3) is 0.526. The van der Waals surface area contributed by atoms with Gasteiger partial charge in [-0.25, -0.2) is 0 Å². The Morgan fingerprint density at radius 2 is 2.32 bits per heavy atom. The molecule has 25 heavy (non-hydrogen) atoms. The number of methoxy groups -OCH3 is 1. The van der Waals surface area contributed by atoms with Crippen LogP contribution in [0, 0.1) is 0 Å². The van der Waals surface area contributed by atoms with Gasteiger partial charge in [0, 0.05) is 25.1 Å². The van der Waals surface area contributed by atoms with E-state index in [4.69, 9.17) is 9.26 Å². The third-order valence-electron chi connectivity index (χ3n) is 4.64. The van der Waals surface area contributed by atoms with Gasteiger partial charge in [0.15, 0.2) is 0 Å². The summed E-state index contributed by atoms with van der Waals surface area (Å²) in [6, 6.07) is 7.60. The molecule has 1 aromatic carbocycles. The lowest BCUT2D eigenvalue weighted by atomic mass is 9.97. The molecule has 0 unspecified atom stereocenters. The number of piperidine rings is 1. The van der Waals surface area contributed by atoms with Crippen LogP contribution in [0.1, 0.15) is 50.8 Å². The summed E-state index contributed by atoms with van der Waals surface area (Å²) in [5, 5.41) is 4.11. The van der Waals surface area contributed by atoms with Crippen molar-refractivity contribution in [3.8, 4) is 17.1 Å². The molecule has 0 saturated carbocycles. The molecule has 1 amide bonds. The predicted molar refractivity (Wildman–Crippen MR) is 94.4 cm³/mol. The number of carbonyl (C=O) groups is 1. The average molecular weight is 343 g/mol. The lowest BCUT2D eigenvalue weighted by Crippen LogP contribution is -2.39. The molecule has 1 fully saturated rings. The van der Waals surface area contributed by atoms with E-state index in [1.807, 2.05) is 29.2 Å². The molecule has 1 aromatic heterocycles. The van der Waals surface area contributed by atoms with Crippen molar-refractivity contribution in [2.75, 3.05) is 20.2 Å². The van der Waals surface area contributed by atoms with Crippen molar-refractivity contribution in [1.82, 2.24) is 15.0 Å². The van der Waals surface area contributed by atoms with Crippen LogP contribution in [-0.4, -0.2) is 41.1 Å². The van der Waals surface area contributed by atoms with Crippen molar-refractivity contribution in [1.29, 1.82) is 0 Å². The molecule has 1 aliphatic rings. The van der Waals surface area contributed by atoms with Gasteiger partial charge >= 0.3 is 0 Å². The first-order valence-electron chi connectivity index (χ1n) is 8.97. The number of hydrogen-bond donors (Lipinski definition) is 0. The number of rotatable bonds is 6. The second-order valence-corrected chi connectivity index (χ2v) is 6.47. The first-order valence-corrected chi connectivity index (χ1v) is 8.97. The van der Waals surface area contributed by atoms with Gasteiger partial charge in [0.1, 0.15) is 5.75 Å². The Labute approximate surface area is 148 Å². The van der Waals surface area contributed by atoms with E-state index in [2.05, 4.69) is 17.1 Å². The molecule has 0 aliphatic carbocycles. The lowest BCUT2D eigenvalue weighted by Gasteiger charge is -2.31. The summed E-state index contributed by atoms with van der Waals surface area (Å²) in [6.45, 7) is 3.60. The fourth-order valence-corrected chi connectivity index (χ4v) is 3.17. The third kappa shape index (κ3) is 4.18. The van der Waals surface area contributed by atoms with Gasteiger partial charge in [0.2, 0.25) is 17.6 Å². The van der Waals surface area contributed by atoms with E-state index in [9.17, 15) is 4.79 Å². The van der Waals surface area contributed by atoms with E-state index in [0.29, 0.717) is 24.7 Å². The summed E-state index contributed by atoms with van der Waals surface area (Å²) < 4.78 is 10.7. The number of benzene rings is 1. The van der Waals surface area contributed by atoms with Crippen molar-refractivity contribution in [3.63, 3.8) is 0 Å². The zero-order valence-electron chi connectivity index (χ0n) is 14.9. The number of ether oxygens (including phenoxy) is 1. The topological polar surface area (TPSA) is 68.5 Å². The second kappa shape index (κ2) is 8.14. The minimum atomic E-state index is 0.117. The first-order chi connectivity index (χ1) is 12.2. The van der Waals surface area contributed by atoms with Gasteiger partial charge in [0.05, 0.1) is 13.0 Å². The van der Waals surface area contributed by atoms with Crippen LogP contribution in [0.2, 0.25) is 0 Å². The molecule has 134 valence electrons. The Balaban J connectivity index is 1.70.